The number of carbonyl (C=O) groups excluding carboxylic acids is 1. The third kappa shape index (κ3) is 3.05. The molecule has 1 aliphatic carbocycles. The molecule has 0 saturated heterocycles. The van der Waals surface area contributed by atoms with Crippen LogP contribution in [0.15, 0.2) is 23.1 Å². The molecule has 2 N–H and O–H groups in total. The van der Waals surface area contributed by atoms with Gasteiger partial charge in [0.15, 0.2) is 0 Å². The Morgan fingerprint density at radius 2 is 2.21 bits per heavy atom. The molecule has 0 unspecified atom stereocenters. The quantitative estimate of drug-likeness (QED) is 0.497. The van der Waals surface area contributed by atoms with Crippen molar-refractivity contribution < 1.29 is 14.8 Å². The number of aliphatic hydroxyl groups excluding tert-OH is 1. The van der Waals surface area contributed by atoms with Gasteiger partial charge in [-0.05, 0) is 31.2 Å². The second kappa shape index (κ2) is 5.58. The minimum atomic E-state index is -0.490. The molecule has 0 aromatic heterocycles. The molecular formula is C12H14N2O4S. The number of benzene rings is 1. The van der Waals surface area contributed by atoms with Gasteiger partial charge in [-0.3, -0.25) is 14.9 Å². The molecule has 1 aromatic rings. The molecule has 19 heavy (non-hydrogen) atoms. The molecule has 1 amide bonds. The summed E-state index contributed by atoms with van der Waals surface area (Å²) in [5.41, 5.74) is 0.208. The lowest BCUT2D eigenvalue weighted by molar-refractivity contribution is -0.387. The first-order chi connectivity index (χ1) is 9.01. The number of nitrogens with one attached hydrogen (secondary N) is 1. The average molecular weight is 282 g/mol. The maximum atomic E-state index is 11.9. The van der Waals surface area contributed by atoms with E-state index in [1.807, 2.05) is 0 Å². The first-order valence-electron chi connectivity index (χ1n) is 5.82. The van der Waals surface area contributed by atoms with Crippen LogP contribution < -0.4 is 5.32 Å². The molecule has 102 valence electrons. The standard InChI is InChI=1S/C12H14N2O4S/c1-19-11-3-2-7(4-10(11)14(17)18)12(16)13-8-5-9(15)6-8/h2-4,8-9,15H,5-6H2,1H3,(H,13,16). The maximum Gasteiger partial charge on any atom is 0.283 e. The van der Waals surface area contributed by atoms with E-state index in [1.54, 1.807) is 18.4 Å². The minimum absolute atomic E-state index is 0.0400. The molecular weight excluding hydrogens is 268 g/mol. The van der Waals surface area contributed by atoms with Crippen LogP contribution in [0.25, 0.3) is 0 Å². The number of aliphatic hydroxyl groups is 1. The molecule has 1 fully saturated rings. The number of hydrogen-bond donors (Lipinski definition) is 2. The van der Waals surface area contributed by atoms with E-state index in [0.717, 1.165) is 0 Å². The molecule has 1 saturated carbocycles. The Morgan fingerprint density at radius 1 is 1.53 bits per heavy atom. The summed E-state index contributed by atoms with van der Waals surface area (Å²) in [5, 5.41) is 22.8. The fraction of sp³-hybridized carbons (Fsp3) is 0.417. The van der Waals surface area contributed by atoms with Crippen molar-refractivity contribution in [1.82, 2.24) is 5.32 Å². The molecule has 1 aromatic carbocycles. The lowest BCUT2D eigenvalue weighted by Gasteiger charge is -2.31. The third-order valence-electron chi connectivity index (χ3n) is 3.09. The molecule has 2 rings (SSSR count). The van der Waals surface area contributed by atoms with Gasteiger partial charge >= 0.3 is 0 Å². The van der Waals surface area contributed by atoms with Crippen molar-refractivity contribution in [1.29, 1.82) is 0 Å². The molecule has 1 aliphatic rings. The van der Waals surface area contributed by atoms with Gasteiger partial charge in [0, 0.05) is 17.7 Å². The number of rotatable bonds is 4. The Labute approximate surface area is 114 Å². The lowest BCUT2D eigenvalue weighted by atomic mass is 9.89. The highest BCUT2D eigenvalue weighted by Crippen LogP contribution is 2.28. The zero-order valence-electron chi connectivity index (χ0n) is 10.3. The second-order valence-electron chi connectivity index (χ2n) is 4.44. The minimum Gasteiger partial charge on any atom is -0.393 e. The summed E-state index contributed by atoms with van der Waals surface area (Å²) in [6.45, 7) is 0. The largest absolute Gasteiger partial charge is 0.393 e. The fourth-order valence-electron chi connectivity index (χ4n) is 1.95. The molecule has 0 atom stereocenters. The van der Waals surface area contributed by atoms with Gasteiger partial charge in [-0.25, -0.2) is 0 Å². The van der Waals surface area contributed by atoms with Gasteiger partial charge in [0.25, 0.3) is 11.6 Å². The summed E-state index contributed by atoms with van der Waals surface area (Å²) in [5.74, 6) is -0.340. The average Bonchev–Trinajstić information content (AvgIpc) is 2.35. The third-order valence-corrected chi connectivity index (χ3v) is 3.87. The molecule has 0 bridgehead atoms. The van der Waals surface area contributed by atoms with E-state index >= 15 is 0 Å². The van der Waals surface area contributed by atoms with Crippen LogP contribution in [0.4, 0.5) is 5.69 Å². The van der Waals surface area contributed by atoms with Crippen molar-refractivity contribution in [2.24, 2.45) is 0 Å². The van der Waals surface area contributed by atoms with E-state index in [-0.39, 0.29) is 29.3 Å². The zero-order valence-corrected chi connectivity index (χ0v) is 11.1. The van der Waals surface area contributed by atoms with Crippen molar-refractivity contribution >= 4 is 23.4 Å². The molecule has 0 spiro atoms. The van der Waals surface area contributed by atoms with Crippen LogP contribution in [-0.2, 0) is 0 Å². The number of amides is 1. The molecule has 6 nitrogen and oxygen atoms in total. The summed E-state index contributed by atoms with van der Waals surface area (Å²) in [6, 6.07) is 4.40. The number of nitro groups is 1. The zero-order chi connectivity index (χ0) is 14.0. The second-order valence-corrected chi connectivity index (χ2v) is 5.29. The predicted molar refractivity (Wildman–Crippen MR) is 71.4 cm³/mol. The SMILES string of the molecule is CSc1ccc(C(=O)NC2CC(O)C2)cc1[N+](=O)[O-]. The fourth-order valence-corrected chi connectivity index (χ4v) is 2.50. The molecule has 0 heterocycles. The molecule has 0 aliphatic heterocycles. The van der Waals surface area contributed by atoms with E-state index in [1.165, 1.54) is 17.8 Å². The van der Waals surface area contributed by atoms with E-state index in [9.17, 15) is 14.9 Å². The van der Waals surface area contributed by atoms with E-state index in [2.05, 4.69) is 5.32 Å². The van der Waals surface area contributed by atoms with Crippen LogP contribution >= 0.6 is 11.8 Å². The monoisotopic (exact) mass is 282 g/mol. The predicted octanol–water partition coefficient (Wildman–Crippen LogP) is 1.57. The Bertz CT molecular complexity index is 514. The smallest absolute Gasteiger partial charge is 0.283 e. The normalized spacial score (nSPS) is 21.6. The Hall–Kier alpha value is -1.60. The number of nitro benzene ring substituents is 1. The topological polar surface area (TPSA) is 92.5 Å². The summed E-state index contributed by atoms with van der Waals surface area (Å²) < 4.78 is 0. The summed E-state index contributed by atoms with van der Waals surface area (Å²) >= 11 is 1.27. The van der Waals surface area contributed by atoms with Crippen molar-refractivity contribution in [3.05, 3.63) is 33.9 Å². The van der Waals surface area contributed by atoms with Gasteiger partial charge < -0.3 is 10.4 Å². The lowest BCUT2D eigenvalue weighted by Crippen LogP contribution is -2.46. The van der Waals surface area contributed by atoms with E-state index in [4.69, 9.17) is 5.11 Å². The molecule has 7 heteroatoms. The van der Waals surface area contributed by atoms with Crippen LogP contribution in [0.1, 0.15) is 23.2 Å². The van der Waals surface area contributed by atoms with Crippen molar-refractivity contribution in [3.63, 3.8) is 0 Å². The Balaban J connectivity index is 2.13. The van der Waals surface area contributed by atoms with E-state index < -0.39 is 4.92 Å². The van der Waals surface area contributed by atoms with Crippen LogP contribution in [0.5, 0.6) is 0 Å². The highest BCUT2D eigenvalue weighted by Gasteiger charge is 2.29. The van der Waals surface area contributed by atoms with Crippen LogP contribution in [0, 0.1) is 10.1 Å². The summed E-state index contributed by atoms with van der Waals surface area (Å²) in [4.78, 5) is 22.9. The van der Waals surface area contributed by atoms with Crippen molar-refractivity contribution in [2.45, 2.75) is 29.9 Å². The number of nitrogens with zero attached hydrogens (tertiary/aromatic N) is 1. The highest BCUT2D eigenvalue weighted by atomic mass is 32.2. The first kappa shape index (κ1) is 13.8. The van der Waals surface area contributed by atoms with Crippen LogP contribution in [0.2, 0.25) is 0 Å². The highest BCUT2D eigenvalue weighted by molar-refractivity contribution is 7.98. The van der Waals surface area contributed by atoms with Gasteiger partial charge in [-0.2, -0.15) is 0 Å². The molecule has 0 radical (unpaired) electrons. The Morgan fingerprint density at radius 3 is 2.74 bits per heavy atom. The maximum absolute atomic E-state index is 11.9. The first-order valence-corrected chi connectivity index (χ1v) is 7.05. The number of hydrogen-bond acceptors (Lipinski definition) is 5. The van der Waals surface area contributed by atoms with Crippen molar-refractivity contribution in [2.75, 3.05) is 6.26 Å². The van der Waals surface area contributed by atoms with Gasteiger partial charge in [-0.15, -0.1) is 11.8 Å². The van der Waals surface area contributed by atoms with Gasteiger partial charge in [-0.1, -0.05) is 0 Å². The number of thioether (sulfide) groups is 1. The number of carbonyl (C=O) groups is 1. The van der Waals surface area contributed by atoms with Crippen LogP contribution in [-0.4, -0.2) is 34.3 Å². The van der Waals surface area contributed by atoms with Crippen molar-refractivity contribution in [3.8, 4) is 0 Å². The Kier molecular flexibility index (Phi) is 4.06. The van der Waals surface area contributed by atoms with Gasteiger partial charge in [0.2, 0.25) is 0 Å². The summed E-state index contributed by atoms with van der Waals surface area (Å²) in [7, 11) is 0. The van der Waals surface area contributed by atoms with Gasteiger partial charge in [0.1, 0.15) is 0 Å². The van der Waals surface area contributed by atoms with Crippen LogP contribution in [0.3, 0.4) is 0 Å². The summed E-state index contributed by atoms with van der Waals surface area (Å²) in [6.07, 6.45) is 2.48. The van der Waals surface area contributed by atoms with E-state index in [0.29, 0.717) is 17.7 Å². The van der Waals surface area contributed by atoms with Gasteiger partial charge in [0.05, 0.1) is 15.9 Å².